The number of ether oxygens (including phenoxy) is 3. The van der Waals surface area contributed by atoms with Gasteiger partial charge < -0.3 is 24.0 Å². The first-order chi connectivity index (χ1) is 13.2. The van der Waals surface area contributed by atoms with Crippen LogP contribution < -0.4 is 24.7 Å². The van der Waals surface area contributed by atoms with Crippen molar-refractivity contribution in [1.29, 1.82) is 0 Å². The summed E-state index contributed by atoms with van der Waals surface area (Å²) in [5, 5.41) is 4.24. The van der Waals surface area contributed by atoms with Gasteiger partial charge >= 0.3 is 0 Å². The van der Waals surface area contributed by atoms with Crippen molar-refractivity contribution in [1.82, 2.24) is 15.0 Å². The molecule has 10 nitrogen and oxygen atoms in total. The average Bonchev–Trinajstić information content (AvgIpc) is 3.16. The molecule has 2 aromatic rings. The van der Waals surface area contributed by atoms with Crippen molar-refractivity contribution < 1.29 is 14.2 Å². The van der Waals surface area contributed by atoms with Gasteiger partial charge in [-0.1, -0.05) is 0 Å². The van der Waals surface area contributed by atoms with Crippen LogP contribution in [0.1, 0.15) is 5.56 Å². The molecule has 2 aliphatic heterocycles. The molecule has 2 aliphatic rings. The summed E-state index contributed by atoms with van der Waals surface area (Å²) in [5.74, 6) is 3.00. The van der Waals surface area contributed by atoms with E-state index in [0.717, 1.165) is 24.4 Å². The Morgan fingerprint density at radius 3 is 2.74 bits per heavy atom. The van der Waals surface area contributed by atoms with Crippen molar-refractivity contribution in [2.75, 3.05) is 62.4 Å². The lowest BCUT2D eigenvalue weighted by atomic mass is 10.2. The van der Waals surface area contributed by atoms with E-state index in [2.05, 4.69) is 30.4 Å². The molecule has 1 aromatic carbocycles. The fourth-order valence-electron chi connectivity index (χ4n) is 2.67. The molecule has 0 unspecified atom stereocenters. The zero-order valence-electron chi connectivity index (χ0n) is 15.3. The number of rotatable bonds is 5. The summed E-state index contributed by atoms with van der Waals surface area (Å²) in [5.41, 5.74) is 3.76. The number of nitrogens with zero attached hydrogens (tertiary/aromatic N) is 6. The Morgan fingerprint density at radius 2 is 1.93 bits per heavy atom. The van der Waals surface area contributed by atoms with E-state index in [1.165, 1.54) is 0 Å². The predicted molar refractivity (Wildman–Crippen MR) is 101 cm³/mol. The zero-order valence-corrected chi connectivity index (χ0v) is 15.3. The Morgan fingerprint density at radius 1 is 1.11 bits per heavy atom. The lowest BCUT2D eigenvalue weighted by Gasteiger charge is -2.27. The van der Waals surface area contributed by atoms with Gasteiger partial charge in [-0.05, 0) is 23.8 Å². The second-order valence-corrected chi connectivity index (χ2v) is 6.24. The number of hydrogen-bond acceptors (Lipinski definition) is 10. The number of anilines is 3. The van der Waals surface area contributed by atoms with E-state index in [-0.39, 0.29) is 6.79 Å². The Labute approximate surface area is 156 Å². The molecule has 0 saturated carbocycles. The van der Waals surface area contributed by atoms with E-state index in [1.807, 2.05) is 37.2 Å². The molecule has 0 spiro atoms. The number of hydrazone groups is 1. The van der Waals surface area contributed by atoms with Gasteiger partial charge in [0, 0.05) is 27.2 Å². The van der Waals surface area contributed by atoms with Gasteiger partial charge in [-0.15, -0.1) is 0 Å². The lowest BCUT2D eigenvalue weighted by molar-refractivity contribution is 0.122. The highest BCUT2D eigenvalue weighted by Gasteiger charge is 2.17. The highest BCUT2D eigenvalue weighted by Crippen LogP contribution is 2.32. The number of benzene rings is 1. The van der Waals surface area contributed by atoms with Crippen LogP contribution in [0.2, 0.25) is 0 Å². The third-order valence-corrected chi connectivity index (χ3v) is 4.08. The minimum atomic E-state index is 0.247. The highest BCUT2D eigenvalue weighted by atomic mass is 16.7. The summed E-state index contributed by atoms with van der Waals surface area (Å²) >= 11 is 0. The molecule has 3 heterocycles. The van der Waals surface area contributed by atoms with Gasteiger partial charge in [0.15, 0.2) is 11.5 Å². The molecule has 4 rings (SSSR count). The Kier molecular flexibility index (Phi) is 4.88. The summed E-state index contributed by atoms with van der Waals surface area (Å²) in [6.07, 6.45) is 1.68. The molecular formula is C17H21N7O3. The van der Waals surface area contributed by atoms with Crippen molar-refractivity contribution >= 4 is 24.1 Å². The maximum absolute atomic E-state index is 5.39. The van der Waals surface area contributed by atoms with E-state index < -0.39 is 0 Å². The van der Waals surface area contributed by atoms with Crippen LogP contribution in [-0.2, 0) is 4.74 Å². The van der Waals surface area contributed by atoms with Crippen LogP contribution >= 0.6 is 0 Å². The van der Waals surface area contributed by atoms with E-state index in [4.69, 9.17) is 14.2 Å². The summed E-state index contributed by atoms with van der Waals surface area (Å²) < 4.78 is 16.1. The van der Waals surface area contributed by atoms with E-state index in [1.54, 1.807) is 6.21 Å². The average molecular weight is 371 g/mol. The first-order valence-corrected chi connectivity index (χ1v) is 8.64. The molecule has 0 radical (unpaired) electrons. The molecule has 0 bridgehead atoms. The first-order valence-electron chi connectivity index (χ1n) is 8.64. The summed E-state index contributed by atoms with van der Waals surface area (Å²) in [7, 11) is 3.77. The Hall–Kier alpha value is -3.14. The predicted octanol–water partition coefficient (Wildman–Crippen LogP) is 0.949. The number of aromatic nitrogens is 3. The molecule has 27 heavy (non-hydrogen) atoms. The van der Waals surface area contributed by atoms with Gasteiger partial charge in [-0.25, -0.2) is 5.43 Å². The molecule has 1 N–H and O–H groups in total. The number of hydrogen-bond donors (Lipinski definition) is 1. The second-order valence-electron chi connectivity index (χ2n) is 6.24. The summed E-state index contributed by atoms with van der Waals surface area (Å²) in [6.45, 7) is 3.06. The minimum absolute atomic E-state index is 0.247. The molecule has 1 fully saturated rings. The smallest absolute Gasteiger partial charge is 0.250 e. The van der Waals surface area contributed by atoms with Gasteiger partial charge in [-0.3, -0.25) is 0 Å². The van der Waals surface area contributed by atoms with Gasteiger partial charge in [0.2, 0.25) is 24.6 Å². The molecule has 142 valence electrons. The summed E-state index contributed by atoms with van der Waals surface area (Å²) in [6, 6.07) is 5.62. The highest BCUT2D eigenvalue weighted by molar-refractivity contribution is 5.81. The minimum Gasteiger partial charge on any atom is -0.454 e. The normalized spacial score (nSPS) is 16.0. The topological polar surface area (TPSA) is 97.2 Å². The molecule has 0 atom stereocenters. The fourth-order valence-corrected chi connectivity index (χ4v) is 2.67. The molecule has 0 amide bonds. The largest absolute Gasteiger partial charge is 0.454 e. The molecule has 1 aromatic heterocycles. The van der Waals surface area contributed by atoms with Gasteiger partial charge in [0.1, 0.15) is 0 Å². The van der Waals surface area contributed by atoms with Crippen LogP contribution in [0.5, 0.6) is 11.5 Å². The summed E-state index contributed by atoms with van der Waals surface area (Å²) in [4.78, 5) is 17.3. The SMILES string of the molecule is CN(C)c1nc(NN=Cc2ccc3c(c2)OCO3)nc(N2CCOCC2)n1. The van der Waals surface area contributed by atoms with Crippen molar-refractivity contribution in [2.45, 2.75) is 0 Å². The lowest BCUT2D eigenvalue weighted by Crippen LogP contribution is -2.37. The quantitative estimate of drug-likeness (QED) is 0.608. The molecule has 1 saturated heterocycles. The Bertz CT molecular complexity index is 837. The third-order valence-electron chi connectivity index (χ3n) is 4.08. The van der Waals surface area contributed by atoms with Crippen molar-refractivity contribution in [2.24, 2.45) is 5.10 Å². The van der Waals surface area contributed by atoms with Crippen molar-refractivity contribution in [3.8, 4) is 11.5 Å². The van der Waals surface area contributed by atoms with Crippen LogP contribution in [0, 0.1) is 0 Å². The van der Waals surface area contributed by atoms with Crippen LogP contribution in [0.15, 0.2) is 23.3 Å². The van der Waals surface area contributed by atoms with E-state index >= 15 is 0 Å². The number of morpholine rings is 1. The standard InChI is InChI=1S/C17H21N7O3/c1-23(2)16-19-15(20-17(21-16)24-5-7-25-8-6-24)22-18-10-12-3-4-13-14(9-12)27-11-26-13/h3-4,9-10H,5-8,11H2,1-2H3,(H,19,20,21,22). The van der Waals surface area contributed by atoms with Crippen molar-refractivity contribution in [3.05, 3.63) is 23.8 Å². The van der Waals surface area contributed by atoms with Gasteiger partial charge in [0.05, 0.1) is 19.4 Å². The zero-order chi connectivity index (χ0) is 18.6. The van der Waals surface area contributed by atoms with Gasteiger partial charge in [-0.2, -0.15) is 20.1 Å². The maximum atomic E-state index is 5.39. The molecular weight excluding hydrogens is 350 g/mol. The Balaban J connectivity index is 1.51. The van der Waals surface area contributed by atoms with E-state index in [9.17, 15) is 0 Å². The maximum Gasteiger partial charge on any atom is 0.250 e. The van der Waals surface area contributed by atoms with Gasteiger partial charge in [0.25, 0.3) is 0 Å². The third kappa shape index (κ3) is 4.00. The van der Waals surface area contributed by atoms with Crippen LogP contribution in [-0.4, -0.2) is 68.4 Å². The van der Waals surface area contributed by atoms with Crippen LogP contribution in [0.3, 0.4) is 0 Å². The van der Waals surface area contributed by atoms with Crippen LogP contribution in [0.25, 0.3) is 0 Å². The molecule has 0 aliphatic carbocycles. The van der Waals surface area contributed by atoms with Crippen LogP contribution in [0.4, 0.5) is 17.8 Å². The first kappa shape index (κ1) is 17.3. The fraction of sp³-hybridized carbons (Fsp3) is 0.412. The monoisotopic (exact) mass is 371 g/mol. The van der Waals surface area contributed by atoms with Crippen molar-refractivity contribution in [3.63, 3.8) is 0 Å². The van der Waals surface area contributed by atoms with E-state index in [0.29, 0.717) is 36.8 Å². The number of fused-ring (bicyclic) bond motifs is 1. The molecule has 10 heteroatoms. The second kappa shape index (κ2) is 7.62. The number of nitrogens with one attached hydrogen (secondary N) is 1.